The summed E-state index contributed by atoms with van der Waals surface area (Å²) in [6.07, 6.45) is 6.16. The van der Waals surface area contributed by atoms with E-state index in [1.54, 1.807) is 12.4 Å². The van der Waals surface area contributed by atoms with E-state index in [-0.39, 0.29) is 0 Å². The lowest BCUT2D eigenvalue weighted by molar-refractivity contribution is 0.0575. The molecule has 92 valence electrons. The van der Waals surface area contributed by atoms with Crippen LogP contribution in [-0.2, 0) is 4.74 Å². The minimum Gasteiger partial charge on any atom is -0.381 e. The van der Waals surface area contributed by atoms with Gasteiger partial charge in [-0.3, -0.25) is 4.79 Å². The zero-order valence-electron chi connectivity index (χ0n) is 10.0. The van der Waals surface area contributed by atoms with E-state index in [0.717, 1.165) is 32.5 Å². The molecule has 0 radical (unpaired) electrons. The van der Waals surface area contributed by atoms with Crippen LogP contribution in [-0.4, -0.2) is 43.1 Å². The average molecular weight is 235 g/mol. The highest BCUT2D eigenvalue weighted by atomic mass is 16.5. The standard InChI is InChI=1S/C12H17N3O2/c1-15(7-10-3-2-4-17-9-10)12-13-5-11(8-16)6-14-12/h5-6,8,10H,2-4,7,9H2,1H3/t10-/m1/s1. The lowest BCUT2D eigenvalue weighted by Gasteiger charge is -2.27. The molecule has 0 amide bonds. The Morgan fingerprint density at radius 3 is 2.88 bits per heavy atom. The minimum atomic E-state index is 0.503. The number of carbonyl (C=O) groups is 1. The van der Waals surface area contributed by atoms with Crippen LogP contribution in [0.25, 0.3) is 0 Å². The Bertz CT molecular complexity index is 361. The van der Waals surface area contributed by atoms with E-state index in [2.05, 4.69) is 9.97 Å². The first kappa shape index (κ1) is 12.0. The van der Waals surface area contributed by atoms with Crippen LogP contribution in [0.5, 0.6) is 0 Å². The first-order valence-corrected chi connectivity index (χ1v) is 5.85. The number of aldehydes is 1. The number of ether oxygens (including phenoxy) is 1. The second kappa shape index (κ2) is 5.72. The lowest BCUT2D eigenvalue weighted by atomic mass is 10.0. The van der Waals surface area contributed by atoms with Gasteiger partial charge in [0.1, 0.15) is 0 Å². The Hall–Kier alpha value is -1.49. The predicted octanol–water partition coefficient (Wildman–Crippen LogP) is 1.15. The van der Waals surface area contributed by atoms with Crippen molar-refractivity contribution in [2.24, 2.45) is 5.92 Å². The number of aromatic nitrogens is 2. The molecular weight excluding hydrogens is 218 g/mol. The zero-order valence-corrected chi connectivity index (χ0v) is 10.0. The van der Waals surface area contributed by atoms with E-state index in [0.29, 0.717) is 17.4 Å². The summed E-state index contributed by atoms with van der Waals surface area (Å²) in [6.45, 7) is 2.59. The van der Waals surface area contributed by atoms with Crippen molar-refractivity contribution >= 4 is 12.2 Å². The summed E-state index contributed by atoms with van der Waals surface area (Å²) in [7, 11) is 1.96. The molecule has 1 aliphatic heterocycles. The van der Waals surface area contributed by atoms with Crippen LogP contribution >= 0.6 is 0 Å². The van der Waals surface area contributed by atoms with E-state index in [1.165, 1.54) is 6.42 Å². The topological polar surface area (TPSA) is 55.3 Å². The molecule has 1 atom stereocenters. The second-order valence-electron chi connectivity index (χ2n) is 4.40. The van der Waals surface area contributed by atoms with Crippen molar-refractivity contribution in [1.82, 2.24) is 9.97 Å². The molecule has 1 saturated heterocycles. The van der Waals surface area contributed by atoms with Gasteiger partial charge in [0.25, 0.3) is 0 Å². The smallest absolute Gasteiger partial charge is 0.225 e. The van der Waals surface area contributed by atoms with Crippen LogP contribution in [0.4, 0.5) is 5.95 Å². The van der Waals surface area contributed by atoms with E-state index in [1.807, 2.05) is 11.9 Å². The third-order valence-electron chi connectivity index (χ3n) is 2.92. The number of anilines is 1. The van der Waals surface area contributed by atoms with Crippen molar-refractivity contribution in [3.63, 3.8) is 0 Å². The molecule has 0 N–H and O–H groups in total. The molecule has 5 nitrogen and oxygen atoms in total. The first-order chi connectivity index (χ1) is 8.29. The van der Waals surface area contributed by atoms with Crippen LogP contribution in [0.2, 0.25) is 0 Å². The maximum atomic E-state index is 10.5. The Kier molecular flexibility index (Phi) is 4.03. The molecule has 0 bridgehead atoms. The number of carbonyl (C=O) groups excluding carboxylic acids is 1. The highest BCUT2D eigenvalue weighted by molar-refractivity contribution is 5.73. The number of hydrogen-bond acceptors (Lipinski definition) is 5. The molecule has 1 aliphatic rings. The largest absolute Gasteiger partial charge is 0.381 e. The van der Waals surface area contributed by atoms with Gasteiger partial charge >= 0.3 is 0 Å². The normalized spacial score (nSPS) is 19.9. The molecule has 1 aromatic heterocycles. The van der Waals surface area contributed by atoms with Gasteiger partial charge in [0, 0.05) is 32.6 Å². The maximum absolute atomic E-state index is 10.5. The first-order valence-electron chi connectivity index (χ1n) is 5.85. The highest BCUT2D eigenvalue weighted by Crippen LogP contribution is 2.16. The molecule has 1 aromatic rings. The molecule has 1 fully saturated rings. The highest BCUT2D eigenvalue weighted by Gasteiger charge is 2.17. The van der Waals surface area contributed by atoms with Crippen LogP contribution in [0.1, 0.15) is 23.2 Å². The van der Waals surface area contributed by atoms with Gasteiger partial charge in [-0.25, -0.2) is 9.97 Å². The summed E-state index contributed by atoms with van der Waals surface area (Å²) in [6, 6.07) is 0. The Morgan fingerprint density at radius 1 is 1.53 bits per heavy atom. The fourth-order valence-electron chi connectivity index (χ4n) is 2.01. The van der Waals surface area contributed by atoms with E-state index >= 15 is 0 Å². The molecule has 2 heterocycles. The lowest BCUT2D eigenvalue weighted by Crippen LogP contribution is -2.31. The maximum Gasteiger partial charge on any atom is 0.225 e. The fraction of sp³-hybridized carbons (Fsp3) is 0.583. The van der Waals surface area contributed by atoms with Crippen molar-refractivity contribution < 1.29 is 9.53 Å². The molecule has 0 saturated carbocycles. The van der Waals surface area contributed by atoms with Crippen LogP contribution in [0.3, 0.4) is 0 Å². The monoisotopic (exact) mass is 235 g/mol. The van der Waals surface area contributed by atoms with E-state index in [9.17, 15) is 4.79 Å². The second-order valence-corrected chi connectivity index (χ2v) is 4.40. The van der Waals surface area contributed by atoms with Crippen molar-refractivity contribution in [3.05, 3.63) is 18.0 Å². The number of nitrogens with zero attached hydrogens (tertiary/aromatic N) is 3. The number of rotatable bonds is 4. The average Bonchev–Trinajstić information content (AvgIpc) is 2.40. The summed E-state index contributed by atoms with van der Waals surface area (Å²) < 4.78 is 5.44. The Balaban J connectivity index is 1.93. The third kappa shape index (κ3) is 3.23. The van der Waals surface area contributed by atoms with Crippen LogP contribution < -0.4 is 4.90 Å². The summed E-state index contributed by atoms with van der Waals surface area (Å²) in [5.41, 5.74) is 0.503. The van der Waals surface area contributed by atoms with E-state index in [4.69, 9.17) is 4.74 Å². The van der Waals surface area contributed by atoms with Crippen molar-refractivity contribution in [2.75, 3.05) is 31.7 Å². The van der Waals surface area contributed by atoms with Gasteiger partial charge in [-0.15, -0.1) is 0 Å². The predicted molar refractivity (Wildman–Crippen MR) is 64.2 cm³/mol. The van der Waals surface area contributed by atoms with Crippen LogP contribution in [0, 0.1) is 5.92 Å². The van der Waals surface area contributed by atoms with Gasteiger partial charge in [0.05, 0.1) is 12.2 Å². The molecule has 0 aromatic carbocycles. The van der Waals surface area contributed by atoms with Gasteiger partial charge in [0.2, 0.25) is 5.95 Å². The molecule has 0 spiro atoms. The Morgan fingerprint density at radius 2 is 2.29 bits per heavy atom. The summed E-state index contributed by atoms with van der Waals surface area (Å²) in [5, 5.41) is 0. The molecule has 2 rings (SSSR count). The third-order valence-corrected chi connectivity index (χ3v) is 2.92. The number of hydrogen-bond donors (Lipinski definition) is 0. The minimum absolute atomic E-state index is 0.503. The van der Waals surface area contributed by atoms with E-state index < -0.39 is 0 Å². The molecule has 0 aliphatic carbocycles. The Labute approximate surface area is 101 Å². The van der Waals surface area contributed by atoms with Crippen molar-refractivity contribution in [1.29, 1.82) is 0 Å². The van der Waals surface area contributed by atoms with Gasteiger partial charge in [-0.2, -0.15) is 0 Å². The quantitative estimate of drug-likeness (QED) is 0.733. The molecule has 17 heavy (non-hydrogen) atoms. The summed E-state index contributed by atoms with van der Waals surface area (Å²) in [4.78, 5) is 20.8. The van der Waals surface area contributed by atoms with Gasteiger partial charge in [-0.05, 0) is 18.8 Å². The molecule has 5 heteroatoms. The fourth-order valence-corrected chi connectivity index (χ4v) is 2.01. The van der Waals surface area contributed by atoms with Crippen molar-refractivity contribution in [3.8, 4) is 0 Å². The van der Waals surface area contributed by atoms with Gasteiger partial charge < -0.3 is 9.64 Å². The zero-order chi connectivity index (χ0) is 12.1. The van der Waals surface area contributed by atoms with Crippen molar-refractivity contribution in [2.45, 2.75) is 12.8 Å². The summed E-state index contributed by atoms with van der Waals surface area (Å²) >= 11 is 0. The van der Waals surface area contributed by atoms with Gasteiger partial charge in [-0.1, -0.05) is 0 Å². The summed E-state index contributed by atoms with van der Waals surface area (Å²) in [5.74, 6) is 1.20. The molecule has 0 unspecified atom stereocenters. The SMILES string of the molecule is CN(C[C@H]1CCCOC1)c1ncc(C=O)cn1. The van der Waals surface area contributed by atoms with Crippen LogP contribution in [0.15, 0.2) is 12.4 Å². The molecular formula is C12H17N3O2. The van der Waals surface area contributed by atoms with Gasteiger partial charge in [0.15, 0.2) is 6.29 Å².